The summed E-state index contributed by atoms with van der Waals surface area (Å²) in [4.78, 5) is 12.8. The standard InChI is InChI=1S/C27H33N3O/c1-2-26(30-27(31)20-11-5-3-6-12-20)25-18-23(17-21-13-8-9-15-24(21)25)29-19-22-14-7-4-10-16-28-22/h3,5-6,8-9,11-13,15,17-18,22,26,28-29H,2,4,7,10,14,16,19H2,1H3,(H,30,31)/t22-,26-/m1/s1. The average molecular weight is 416 g/mol. The number of anilines is 1. The molecule has 162 valence electrons. The Morgan fingerprint density at radius 1 is 1.03 bits per heavy atom. The van der Waals surface area contributed by atoms with Crippen molar-refractivity contribution in [2.45, 2.75) is 51.1 Å². The molecule has 2 atom stereocenters. The molecule has 1 fully saturated rings. The zero-order valence-electron chi connectivity index (χ0n) is 18.4. The van der Waals surface area contributed by atoms with Gasteiger partial charge in [0.1, 0.15) is 0 Å². The molecule has 0 spiro atoms. The van der Waals surface area contributed by atoms with E-state index in [1.54, 1.807) is 0 Å². The van der Waals surface area contributed by atoms with Gasteiger partial charge in [0.05, 0.1) is 6.04 Å². The van der Waals surface area contributed by atoms with E-state index < -0.39 is 0 Å². The maximum absolute atomic E-state index is 12.8. The Bertz CT molecular complexity index is 994. The number of benzene rings is 3. The van der Waals surface area contributed by atoms with Crippen LogP contribution in [0, 0.1) is 0 Å². The van der Waals surface area contributed by atoms with Gasteiger partial charge in [-0.25, -0.2) is 0 Å². The van der Waals surface area contributed by atoms with Crippen molar-refractivity contribution in [3.05, 3.63) is 77.9 Å². The van der Waals surface area contributed by atoms with Crippen LogP contribution in [-0.4, -0.2) is 25.0 Å². The monoisotopic (exact) mass is 415 g/mol. The summed E-state index contributed by atoms with van der Waals surface area (Å²) in [6.45, 7) is 4.16. The van der Waals surface area contributed by atoms with E-state index in [1.165, 1.54) is 42.0 Å². The maximum Gasteiger partial charge on any atom is 0.251 e. The molecule has 0 saturated carbocycles. The van der Waals surface area contributed by atoms with E-state index in [1.807, 2.05) is 30.3 Å². The van der Waals surface area contributed by atoms with Crippen LogP contribution in [-0.2, 0) is 0 Å². The fraction of sp³-hybridized carbons (Fsp3) is 0.370. The Balaban J connectivity index is 1.58. The second-order valence-electron chi connectivity index (χ2n) is 8.47. The molecule has 31 heavy (non-hydrogen) atoms. The molecule has 4 rings (SSSR count). The zero-order chi connectivity index (χ0) is 21.5. The van der Waals surface area contributed by atoms with Crippen molar-refractivity contribution in [1.29, 1.82) is 0 Å². The van der Waals surface area contributed by atoms with Crippen LogP contribution in [0.5, 0.6) is 0 Å². The van der Waals surface area contributed by atoms with E-state index in [-0.39, 0.29) is 11.9 Å². The number of amides is 1. The molecule has 4 nitrogen and oxygen atoms in total. The lowest BCUT2D eigenvalue weighted by Crippen LogP contribution is -2.34. The third-order valence-corrected chi connectivity index (χ3v) is 6.23. The summed E-state index contributed by atoms with van der Waals surface area (Å²) in [7, 11) is 0. The minimum atomic E-state index is -0.0460. The number of carbonyl (C=O) groups is 1. The Labute approximate surface area is 185 Å². The first-order valence-electron chi connectivity index (χ1n) is 11.6. The summed E-state index contributed by atoms with van der Waals surface area (Å²) in [6.07, 6.45) is 5.94. The molecule has 0 bridgehead atoms. The molecule has 1 aliphatic rings. The van der Waals surface area contributed by atoms with E-state index in [0.29, 0.717) is 11.6 Å². The number of fused-ring (bicyclic) bond motifs is 1. The summed E-state index contributed by atoms with van der Waals surface area (Å²) in [5.41, 5.74) is 2.98. The summed E-state index contributed by atoms with van der Waals surface area (Å²) < 4.78 is 0. The zero-order valence-corrected chi connectivity index (χ0v) is 18.4. The lowest BCUT2D eigenvalue weighted by atomic mass is 9.95. The fourth-order valence-corrected chi connectivity index (χ4v) is 4.48. The summed E-state index contributed by atoms with van der Waals surface area (Å²) in [6, 6.07) is 22.8. The van der Waals surface area contributed by atoms with Gasteiger partial charge >= 0.3 is 0 Å². The predicted molar refractivity (Wildman–Crippen MR) is 130 cm³/mol. The Morgan fingerprint density at radius 2 is 1.84 bits per heavy atom. The first-order chi connectivity index (χ1) is 15.2. The molecule has 0 aliphatic carbocycles. The molecule has 4 heteroatoms. The van der Waals surface area contributed by atoms with Crippen LogP contribution < -0.4 is 16.0 Å². The van der Waals surface area contributed by atoms with Crippen LogP contribution >= 0.6 is 0 Å². The average Bonchev–Trinajstić information content (AvgIpc) is 3.10. The minimum Gasteiger partial charge on any atom is -0.383 e. The van der Waals surface area contributed by atoms with Crippen LogP contribution in [0.2, 0.25) is 0 Å². The molecule has 0 aromatic heterocycles. The van der Waals surface area contributed by atoms with Gasteiger partial charge in [0.2, 0.25) is 0 Å². The summed E-state index contributed by atoms with van der Waals surface area (Å²) >= 11 is 0. The molecule has 1 heterocycles. The van der Waals surface area contributed by atoms with Gasteiger partial charge in [0.15, 0.2) is 0 Å². The van der Waals surface area contributed by atoms with E-state index in [4.69, 9.17) is 0 Å². The second kappa shape index (κ2) is 10.5. The molecule has 3 aromatic rings. The Hall–Kier alpha value is -2.85. The topological polar surface area (TPSA) is 53.2 Å². The van der Waals surface area contributed by atoms with Crippen LogP contribution in [0.4, 0.5) is 5.69 Å². The lowest BCUT2D eigenvalue weighted by molar-refractivity contribution is 0.0936. The second-order valence-corrected chi connectivity index (χ2v) is 8.47. The molecular formula is C27H33N3O. The van der Waals surface area contributed by atoms with Gasteiger partial charge in [-0.1, -0.05) is 62.2 Å². The van der Waals surface area contributed by atoms with Gasteiger partial charge in [0, 0.05) is 23.8 Å². The van der Waals surface area contributed by atoms with Gasteiger partial charge in [-0.05, 0) is 66.4 Å². The van der Waals surface area contributed by atoms with Crippen LogP contribution in [0.3, 0.4) is 0 Å². The highest BCUT2D eigenvalue weighted by Crippen LogP contribution is 2.30. The van der Waals surface area contributed by atoms with Crippen LogP contribution in [0.1, 0.15) is 61.0 Å². The first-order valence-corrected chi connectivity index (χ1v) is 11.6. The molecule has 3 N–H and O–H groups in total. The minimum absolute atomic E-state index is 0.0300. The third kappa shape index (κ3) is 5.45. The summed E-state index contributed by atoms with van der Waals surface area (Å²) in [5, 5.41) is 13.0. The quantitative estimate of drug-likeness (QED) is 0.466. The van der Waals surface area contributed by atoms with Crippen molar-refractivity contribution < 1.29 is 4.79 Å². The molecule has 1 aliphatic heterocycles. The Kier molecular flexibility index (Phi) is 7.21. The molecule has 1 saturated heterocycles. The van der Waals surface area contributed by atoms with Gasteiger partial charge in [-0.2, -0.15) is 0 Å². The van der Waals surface area contributed by atoms with E-state index in [9.17, 15) is 4.79 Å². The lowest BCUT2D eigenvalue weighted by Gasteiger charge is -2.22. The number of hydrogen-bond donors (Lipinski definition) is 3. The molecule has 0 radical (unpaired) electrons. The highest BCUT2D eigenvalue weighted by Gasteiger charge is 2.18. The molecule has 3 aromatic carbocycles. The third-order valence-electron chi connectivity index (χ3n) is 6.23. The predicted octanol–water partition coefficient (Wildman–Crippen LogP) is 5.67. The smallest absolute Gasteiger partial charge is 0.251 e. The van der Waals surface area contributed by atoms with E-state index in [0.717, 1.165) is 25.2 Å². The number of rotatable bonds is 7. The molecular weight excluding hydrogens is 382 g/mol. The van der Waals surface area contributed by atoms with Crippen molar-refractivity contribution in [1.82, 2.24) is 10.6 Å². The van der Waals surface area contributed by atoms with E-state index >= 15 is 0 Å². The van der Waals surface area contributed by atoms with Gasteiger partial charge < -0.3 is 16.0 Å². The van der Waals surface area contributed by atoms with Crippen LogP contribution in [0.15, 0.2) is 66.7 Å². The van der Waals surface area contributed by atoms with E-state index in [2.05, 4.69) is 59.3 Å². The maximum atomic E-state index is 12.8. The number of carbonyl (C=O) groups excluding carboxylic acids is 1. The van der Waals surface area contributed by atoms with Crippen molar-refractivity contribution >= 4 is 22.4 Å². The first kappa shape index (κ1) is 21.4. The van der Waals surface area contributed by atoms with Gasteiger partial charge in [-0.15, -0.1) is 0 Å². The van der Waals surface area contributed by atoms with Gasteiger partial charge in [-0.3, -0.25) is 4.79 Å². The number of nitrogens with one attached hydrogen (secondary N) is 3. The SMILES string of the molecule is CC[C@@H](NC(=O)c1ccccc1)c1cc(NC[C@H]2CCCCCN2)cc2ccccc12. The van der Waals surface area contributed by atoms with Gasteiger partial charge in [0.25, 0.3) is 5.91 Å². The largest absolute Gasteiger partial charge is 0.383 e. The van der Waals surface area contributed by atoms with Crippen molar-refractivity contribution in [3.63, 3.8) is 0 Å². The Morgan fingerprint density at radius 3 is 2.68 bits per heavy atom. The van der Waals surface area contributed by atoms with Crippen molar-refractivity contribution in [2.24, 2.45) is 0 Å². The normalized spacial score (nSPS) is 17.6. The highest BCUT2D eigenvalue weighted by molar-refractivity contribution is 5.95. The highest BCUT2D eigenvalue weighted by atomic mass is 16.1. The molecule has 1 amide bonds. The molecule has 0 unspecified atom stereocenters. The van der Waals surface area contributed by atoms with Crippen LogP contribution in [0.25, 0.3) is 10.8 Å². The fourth-order valence-electron chi connectivity index (χ4n) is 4.48. The number of hydrogen-bond acceptors (Lipinski definition) is 3. The van der Waals surface area contributed by atoms with Crippen molar-refractivity contribution in [3.8, 4) is 0 Å². The summed E-state index contributed by atoms with van der Waals surface area (Å²) in [5.74, 6) is -0.0300. The van der Waals surface area contributed by atoms with Crippen molar-refractivity contribution in [2.75, 3.05) is 18.4 Å².